The zero-order valence-corrected chi connectivity index (χ0v) is 17.6. The predicted molar refractivity (Wildman–Crippen MR) is 117 cm³/mol. The van der Waals surface area contributed by atoms with E-state index in [2.05, 4.69) is 0 Å². The Morgan fingerprint density at radius 2 is 1.62 bits per heavy atom. The quantitative estimate of drug-likeness (QED) is 0.254. The highest BCUT2D eigenvalue weighted by Crippen LogP contribution is 2.38. The number of methoxy groups -OCH3 is 1. The van der Waals surface area contributed by atoms with Gasteiger partial charge in [-0.3, -0.25) is 14.9 Å². The molecule has 4 rings (SSSR count). The monoisotopic (exact) mass is 471 g/mol. The van der Waals surface area contributed by atoms with Crippen molar-refractivity contribution in [2.45, 2.75) is 12.8 Å². The van der Waals surface area contributed by atoms with Crippen LogP contribution in [0.1, 0.15) is 11.3 Å². The Hall–Kier alpha value is -4.34. The van der Waals surface area contributed by atoms with Crippen LogP contribution in [0.15, 0.2) is 75.9 Å². The third-order valence-electron chi connectivity index (χ3n) is 5.05. The highest BCUT2D eigenvalue weighted by molar-refractivity contribution is 5.84. The summed E-state index contributed by atoms with van der Waals surface area (Å²) in [6.07, 6.45) is -4.92. The van der Waals surface area contributed by atoms with Gasteiger partial charge < -0.3 is 13.9 Å². The molecule has 10 heteroatoms. The van der Waals surface area contributed by atoms with Crippen LogP contribution in [-0.2, 0) is 12.8 Å². The van der Waals surface area contributed by atoms with Gasteiger partial charge in [0.1, 0.15) is 23.7 Å². The molecule has 4 aromatic rings. The van der Waals surface area contributed by atoms with Gasteiger partial charge in [0.05, 0.1) is 23.0 Å². The zero-order chi connectivity index (χ0) is 24.5. The van der Waals surface area contributed by atoms with Crippen LogP contribution >= 0.6 is 0 Å². The lowest BCUT2D eigenvalue weighted by Gasteiger charge is -2.14. The summed E-state index contributed by atoms with van der Waals surface area (Å²) < 4.78 is 57.2. The van der Waals surface area contributed by atoms with Crippen molar-refractivity contribution in [1.29, 1.82) is 0 Å². The number of nitrogens with zero attached hydrogens (tertiary/aromatic N) is 1. The number of alkyl halides is 3. The van der Waals surface area contributed by atoms with Gasteiger partial charge in [-0.25, -0.2) is 0 Å². The fourth-order valence-corrected chi connectivity index (χ4v) is 3.36. The van der Waals surface area contributed by atoms with Crippen molar-refractivity contribution in [3.05, 3.63) is 98.4 Å². The van der Waals surface area contributed by atoms with E-state index in [0.29, 0.717) is 11.3 Å². The van der Waals surface area contributed by atoms with Crippen LogP contribution in [0, 0.1) is 10.1 Å². The second-order valence-electron chi connectivity index (χ2n) is 7.23. The Labute approximate surface area is 190 Å². The summed E-state index contributed by atoms with van der Waals surface area (Å²) in [5.41, 5.74) is -1.14. The summed E-state index contributed by atoms with van der Waals surface area (Å²) in [5.74, 6) is -0.820. The maximum absolute atomic E-state index is 13.8. The number of nitro benzene ring substituents is 1. The van der Waals surface area contributed by atoms with Crippen molar-refractivity contribution in [2.75, 3.05) is 7.11 Å². The van der Waals surface area contributed by atoms with Gasteiger partial charge in [0.15, 0.2) is 0 Å². The molecule has 0 fully saturated rings. The molecule has 0 spiro atoms. The van der Waals surface area contributed by atoms with E-state index in [1.54, 1.807) is 0 Å². The molecular weight excluding hydrogens is 455 g/mol. The summed E-state index contributed by atoms with van der Waals surface area (Å²) in [7, 11) is 1.42. The lowest BCUT2D eigenvalue weighted by molar-refractivity contribution is -0.384. The Balaban J connectivity index is 1.71. The van der Waals surface area contributed by atoms with Crippen molar-refractivity contribution < 1.29 is 32.0 Å². The standard InChI is InChI=1S/C24H16F3NO6/c1-32-17-8-4-15(5-9-17)21-22(29)19-11-10-18(12-20(19)34-23(21)24(25,26)27)33-13-14-2-6-16(7-3-14)28(30)31/h2-12H,13H2,1H3. The second kappa shape index (κ2) is 8.89. The van der Waals surface area contributed by atoms with E-state index in [0.717, 1.165) is 0 Å². The molecule has 1 heterocycles. The lowest BCUT2D eigenvalue weighted by Crippen LogP contribution is -2.16. The minimum absolute atomic E-state index is 0.00376. The highest BCUT2D eigenvalue weighted by atomic mass is 19.4. The minimum atomic E-state index is -4.92. The van der Waals surface area contributed by atoms with Crippen molar-refractivity contribution in [1.82, 2.24) is 0 Å². The lowest BCUT2D eigenvalue weighted by atomic mass is 10.0. The van der Waals surface area contributed by atoms with Crippen LogP contribution in [0.2, 0.25) is 0 Å². The Morgan fingerprint density at radius 1 is 0.971 bits per heavy atom. The summed E-state index contributed by atoms with van der Waals surface area (Å²) in [4.78, 5) is 23.2. The van der Waals surface area contributed by atoms with Gasteiger partial charge in [0.2, 0.25) is 11.2 Å². The number of nitro groups is 1. The molecule has 3 aromatic carbocycles. The Bertz CT molecular complexity index is 1410. The maximum atomic E-state index is 13.8. The third kappa shape index (κ3) is 4.56. The number of fused-ring (bicyclic) bond motifs is 1. The van der Waals surface area contributed by atoms with Crippen LogP contribution in [0.5, 0.6) is 11.5 Å². The number of benzene rings is 3. The first kappa shape index (κ1) is 22.8. The first-order chi connectivity index (χ1) is 16.2. The number of hydrogen-bond acceptors (Lipinski definition) is 6. The average Bonchev–Trinajstić information content (AvgIpc) is 2.82. The van der Waals surface area contributed by atoms with E-state index >= 15 is 0 Å². The molecule has 1 aromatic heterocycles. The largest absolute Gasteiger partial charge is 0.497 e. The number of ether oxygens (including phenoxy) is 2. The molecule has 0 unspecified atom stereocenters. The van der Waals surface area contributed by atoms with E-state index < -0.39 is 27.9 Å². The maximum Gasteiger partial charge on any atom is 0.450 e. The van der Waals surface area contributed by atoms with Crippen molar-refractivity contribution in [3.8, 4) is 22.6 Å². The molecular formula is C24H16F3NO6. The van der Waals surface area contributed by atoms with E-state index in [-0.39, 0.29) is 34.6 Å². The molecule has 0 amide bonds. The molecule has 0 saturated carbocycles. The highest BCUT2D eigenvalue weighted by Gasteiger charge is 2.39. The first-order valence-electron chi connectivity index (χ1n) is 9.86. The fourth-order valence-electron chi connectivity index (χ4n) is 3.36. The van der Waals surface area contributed by atoms with E-state index in [4.69, 9.17) is 13.9 Å². The van der Waals surface area contributed by atoms with Gasteiger partial charge in [0, 0.05) is 18.2 Å². The molecule has 34 heavy (non-hydrogen) atoms. The Kier molecular flexibility index (Phi) is 5.97. The smallest absolute Gasteiger partial charge is 0.450 e. The number of rotatable bonds is 6. The van der Waals surface area contributed by atoms with Crippen LogP contribution in [0.3, 0.4) is 0 Å². The average molecular weight is 471 g/mol. The molecule has 0 aliphatic heterocycles. The normalized spacial score (nSPS) is 11.4. The van der Waals surface area contributed by atoms with E-state index in [9.17, 15) is 28.1 Å². The molecule has 7 nitrogen and oxygen atoms in total. The van der Waals surface area contributed by atoms with Gasteiger partial charge in [-0.2, -0.15) is 13.2 Å². The SMILES string of the molecule is COc1ccc(-c2c(C(F)(F)F)oc3cc(OCc4ccc([N+](=O)[O-])cc4)ccc3c2=O)cc1. The Morgan fingerprint density at radius 3 is 2.21 bits per heavy atom. The molecule has 174 valence electrons. The summed E-state index contributed by atoms with van der Waals surface area (Å²) in [5, 5.41) is 10.7. The van der Waals surface area contributed by atoms with Gasteiger partial charge in [-0.1, -0.05) is 12.1 Å². The summed E-state index contributed by atoms with van der Waals surface area (Å²) in [6.45, 7) is 0.00376. The summed E-state index contributed by atoms with van der Waals surface area (Å²) >= 11 is 0. The molecule has 0 radical (unpaired) electrons. The van der Waals surface area contributed by atoms with Crippen LogP contribution in [-0.4, -0.2) is 12.0 Å². The van der Waals surface area contributed by atoms with Crippen molar-refractivity contribution in [3.63, 3.8) is 0 Å². The predicted octanol–water partition coefficient (Wildman–Crippen LogP) is 5.97. The van der Waals surface area contributed by atoms with Gasteiger partial charge in [-0.05, 0) is 47.5 Å². The van der Waals surface area contributed by atoms with Crippen molar-refractivity contribution in [2.24, 2.45) is 0 Å². The van der Waals surface area contributed by atoms with Crippen LogP contribution in [0.25, 0.3) is 22.1 Å². The molecule has 0 saturated heterocycles. The van der Waals surface area contributed by atoms with Gasteiger partial charge >= 0.3 is 6.18 Å². The number of non-ortho nitro benzene ring substituents is 1. The zero-order valence-electron chi connectivity index (χ0n) is 17.6. The third-order valence-corrected chi connectivity index (χ3v) is 5.05. The van der Waals surface area contributed by atoms with Gasteiger partial charge in [-0.15, -0.1) is 0 Å². The van der Waals surface area contributed by atoms with Crippen molar-refractivity contribution >= 4 is 16.7 Å². The van der Waals surface area contributed by atoms with E-state index in [1.165, 1.54) is 73.8 Å². The van der Waals surface area contributed by atoms with Gasteiger partial charge in [0.25, 0.3) is 5.69 Å². The minimum Gasteiger partial charge on any atom is -0.497 e. The molecule has 0 aliphatic rings. The number of hydrogen-bond donors (Lipinski definition) is 0. The first-order valence-corrected chi connectivity index (χ1v) is 9.86. The van der Waals surface area contributed by atoms with Crippen LogP contribution in [0.4, 0.5) is 18.9 Å². The van der Waals surface area contributed by atoms with E-state index in [1.807, 2.05) is 0 Å². The van der Waals surface area contributed by atoms with Crippen LogP contribution < -0.4 is 14.9 Å². The topological polar surface area (TPSA) is 91.8 Å². The molecule has 0 aliphatic carbocycles. The fraction of sp³-hybridized carbons (Fsp3) is 0.125. The molecule has 0 atom stereocenters. The molecule has 0 bridgehead atoms. The molecule has 0 N–H and O–H groups in total. The second-order valence-corrected chi connectivity index (χ2v) is 7.23. The summed E-state index contributed by atoms with van der Waals surface area (Å²) in [6, 6.07) is 15.2. The number of halogens is 3.